The van der Waals surface area contributed by atoms with Crippen LogP contribution in [0.1, 0.15) is 38.7 Å². The normalized spacial score (nSPS) is 13.0. The highest BCUT2D eigenvalue weighted by Gasteiger charge is 2.24. The Morgan fingerprint density at radius 1 is 1.09 bits per heavy atom. The van der Waals surface area contributed by atoms with Crippen LogP contribution in [0.3, 0.4) is 0 Å². The third kappa shape index (κ3) is 6.95. The van der Waals surface area contributed by atoms with Crippen LogP contribution in [0.2, 0.25) is 0 Å². The molecule has 0 saturated carbocycles. The summed E-state index contributed by atoms with van der Waals surface area (Å²) < 4.78 is 0. The smallest absolute Gasteiger partial charge is 0.243 e. The predicted octanol–water partition coefficient (Wildman–Crippen LogP) is 0.894. The van der Waals surface area contributed by atoms with E-state index in [-0.39, 0.29) is 5.91 Å². The lowest BCUT2D eigenvalue weighted by Crippen LogP contribution is -2.53. The second kappa shape index (κ2) is 9.61. The van der Waals surface area contributed by atoms with Gasteiger partial charge in [-0.05, 0) is 12.0 Å². The van der Waals surface area contributed by atoms with Gasteiger partial charge in [-0.1, -0.05) is 50.1 Å². The Bertz CT molecular complexity index is 531. The number of hydrogen-bond acceptors (Lipinski definition) is 3. The van der Waals surface area contributed by atoms with Crippen molar-refractivity contribution in [2.75, 3.05) is 0 Å². The molecule has 1 rings (SSSR count). The van der Waals surface area contributed by atoms with Gasteiger partial charge in [-0.25, -0.2) is 0 Å². The summed E-state index contributed by atoms with van der Waals surface area (Å²) in [5.41, 5.74) is 6.26. The quantitative estimate of drug-likeness (QED) is 0.630. The topological polar surface area (TPSA) is 101 Å². The largest absolute Gasteiger partial charge is 0.368 e. The molecule has 0 aliphatic heterocycles. The first-order chi connectivity index (χ1) is 10.9. The maximum Gasteiger partial charge on any atom is 0.243 e. The van der Waals surface area contributed by atoms with E-state index in [1.807, 2.05) is 37.3 Å². The molecule has 0 spiro atoms. The lowest BCUT2D eigenvalue weighted by atomic mass is 10.0. The average Bonchev–Trinajstić information content (AvgIpc) is 2.50. The van der Waals surface area contributed by atoms with Crippen LogP contribution in [-0.4, -0.2) is 29.8 Å². The number of unbranched alkanes of at least 4 members (excludes halogenated alkanes) is 1. The van der Waals surface area contributed by atoms with Gasteiger partial charge in [-0.15, -0.1) is 0 Å². The zero-order chi connectivity index (χ0) is 17.2. The van der Waals surface area contributed by atoms with Crippen molar-refractivity contribution in [1.82, 2.24) is 10.6 Å². The fourth-order valence-corrected chi connectivity index (χ4v) is 2.27. The molecule has 0 radical (unpaired) electrons. The highest BCUT2D eigenvalue weighted by molar-refractivity contribution is 5.91. The van der Waals surface area contributed by atoms with Crippen LogP contribution in [0.15, 0.2) is 30.3 Å². The molecular weight excluding hydrogens is 294 g/mol. The summed E-state index contributed by atoms with van der Waals surface area (Å²) in [6.45, 7) is 3.35. The molecule has 2 atom stereocenters. The highest BCUT2D eigenvalue weighted by Crippen LogP contribution is 2.06. The number of nitrogens with two attached hydrogens (primary N) is 1. The van der Waals surface area contributed by atoms with Crippen LogP contribution in [0, 0.1) is 0 Å². The summed E-state index contributed by atoms with van der Waals surface area (Å²) in [6, 6.07) is 7.92. The summed E-state index contributed by atoms with van der Waals surface area (Å²) in [7, 11) is 0. The summed E-state index contributed by atoms with van der Waals surface area (Å²) in [6.07, 6.45) is 2.54. The van der Waals surface area contributed by atoms with Gasteiger partial charge in [0.2, 0.25) is 17.7 Å². The highest BCUT2D eigenvalue weighted by atomic mass is 16.2. The number of nitrogens with one attached hydrogen (secondary N) is 2. The maximum atomic E-state index is 12.4. The lowest BCUT2D eigenvalue weighted by Gasteiger charge is -2.21. The van der Waals surface area contributed by atoms with Crippen LogP contribution in [0.4, 0.5) is 0 Å². The van der Waals surface area contributed by atoms with Crippen LogP contribution in [-0.2, 0) is 20.8 Å². The van der Waals surface area contributed by atoms with Gasteiger partial charge >= 0.3 is 0 Å². The number of primary amides is 1. The first-order valence-electron chi connectivity index (χ1n) is 7.84. The molecule has 0 saturated heterocycles. The third-order valence-corrected chi connectivity index (χ3v) is 3.48. The Morgan fingerprint density at radius 2 is 1.74 bits per heavy atom. The number of rotatable bonds is 9. The SMILES string of the molecule is CCCC[C@@H](NC(=O)[C@@H](Cc1ccccc1)NC(C)=O)C(N)=O. The molecule has 0 fully saturated rings. The minimum absolute atomic E-state index is 0.301. The zero-order valence-electron chi connectivity index (χ0n) is 13.7. The van der Waals surface area contributed by atoms with E-state index in [1.165, 1.54) is 6.92 Å². The van der Waals surface area contributed by atoms with E-state index in [9.17, 15) is 14.4 Å². The van der Waals surface area contributed by atoms with Gasteiger partial charge in [0, 0.05) is 13.3 Å². The molecule has 1 aromatic rings. The Hall–Kier alpha value is -2.37. The van der Waals surface area contributed by atoms with Crippen molar-refractivity contribution in [3.8, 4) is 0 Å². The Morgan fingerprint density at radius 3 is 2.26 bits per heavy atom. The number of carbonyl (C=O) groups excluding carboxylic acids is 3. The Labute approximate surface area is 136 Å². The van der Waals surface area contributed by atoms with E-state index in [0.29, 0.717) is 12.8 Å². The van der Waals surface area contributed by atoms with Gasteiger partial charge < -0.3 is 16.4 Å². The second-order valence-corrected chi connectivity index (χ2v) is 5.55. The van der Waals surface area contributed by atoms with E-state index in [2.05, 4.69) is 10.6 Å². The molecule has 126 valence electrons. The van der Waals surface area contributed by atoms with Crippen LogP contribution >= 0.6 is 0 Å². The molecule has 6 nitrogen and oxygen atoms in total. The van der Waals surface area contributed by atoms with Crippen molar-refractivity contribution in [2.45, 2.75) is 51.6 Å². The molecule has 0 aliphatic carbocycles. The van der Waals surface area contributed by atoms with Gasteiger partial charge in [0.25, 0.3) is 0 Å². The molecule has 3 amide bonds. The lowest BCUT2D eigenvalue weighted by molar-refractivity contribution is -0.130. The zero-order valence-corrected chi connectivity index (χ0v) is 13.7. The minimum Gasteiger partial charge on any atom is -0.368 e. The summed E-state index contributed by atoms with van der Waals surface area (Å²) >= 11 is 0. The molecule has 0 unspecified atom stereocenters. The first kappa shape index (κ1) is 18.7. The van der Waals surface area contributed by atoms with Gasteiger partial charge in [-0.2, -0.15) is 0 Å². The number of hydrogen-bond donors (Lipinski definition) is 3. The van der Waals surface area contributed by atoms with E-state index in [0.717, 1.165) is 18.4 Å². The first-order valence-corrected chi connectivity index (χ1v) is 7.84. The average molecular weight is 319 g/mol. The fourth-order valence-electron chi connectivity index (χ4n) is 2.27. The van der Waals surface area contributed by atoms with Gasteiger partial charge in [0.15, 0.2) is 0 Å². The number of amides is 3. The Kier molecular flexibility index (Phi) is 7.80. The molecule has 0 heterocycles. The predicted molar refractivity (Wildman–Crippen MR) is 88.4 cm³/mol. The molecule has 0 aliphatic rings. The van der Waals surface area contributed by atoms with Crippen molar-refractivity contribution >= 4 is 17.7 Å². The van der Waals surface area contributed by atoms with Crippen molar-refractivity contribution in [2.24, 2.45) is 5.73 Å². The molecule has 6 heteroatoms. The minimum atomic E-state index is -0.738. The van der Waals surface area contributed by atoms with Crippen molar-refractivity contribution in [1.29, 1.82) is 0 Å². The van der Waals surface area contributed by atoms with Crippen molar-refractivity contribution in [3.63, 3.8) is 0 Å². The summed E-state index contributed by atoms with van der Waals surface area (Å²) in [5.74, 6) is -1.26. The van der Waals surface area contributed by atoms with Crippen molar-refractivity contribution < 1.29 is 14.4 Å². The second-order valence-electron chi connectivity index (χ2n) is 5.55. The number of benzene rings is 1. The fraction of sp³-hybridized carbons (Fsp3) is 0.471. The third-order valence-electron chi connectivity index (χ3n) is 3.48. The molecular formula is C17H25N3O3. The molecule has 23 heavy (non-hydrogen) atoms. The summed E-state index contributed by atoms with van der Waals surface area (Å²) in [4.78, 5) is 35.2. The van der Waals surface area contributed by atoms with E-state index in [4.69, 9.17) is 5.73 Å². The van der Waals surface area contributed by atoms with Crippen LogP contribution in [0.5, 0.6) is 0 Å². The Balaban J connectivity index is 2.77. The van der Waals surface area contributed by atoms with Gasteiger partial charge in [0.1, 0.15) is 12.1 Å². The van der Waals surface area contributed by atoms with E-state index >= 15 is 0 Å². The maximum absolute atomic E-state index is 12.4. The van der Waals surface area contributed by atoms with Gasteiger partial charge in [-0.3, -0.25) is 14.4 Å². The van der Waals surface area contributed by atoms with Crippen molar-refractivity contribution in [3.05, 3.63) is 35.9 Å². The van der Waals surface area contributed by atoms with Gasteiger partial charge in [0.05, 0.1) is 0 Å². The van der Waals surface area contributed by atoms with Crippen LogP contribution in [0.25, 0.3) is 0 Å². The molecule has 1 aromatic carbocycles. The monoisotopic (exact) mass is 319 g/mol. The molecule has 4 N–H and O–H groups in total. The molecule has 0 bridgehead atoms. The van der Waals surface area contributed by atoms with E-state index in [1.54, 1.807) is 0 Å². The number of carbonyl (C=O) groups is 3. The van der Waals surface area contributed by atoms with E-state index < -0.39 is 23.9 Å². The molecule has 0 aromatic heterocycles. The summed E-state index contributed by atoms with van der Waals surface area (Å²) in [5, 5.41) is 5.27. The standard InChI is InChI=1S/C17H25N3O3/c1-3-4-10-14(16(18)22)20-17(23)15(19-12(2)21)11-13-8-6-5-7-9-13/h5-9,14-15H,3-4,10-11H2,1-2H3,(H2,18,22)(H,19,21)(H,20,23)/t14-,15-/m1/s1. The van der Waals surface area contributed by atoms with Crippen LogP contribution < -0.4 is 16.4 Å².